The van der Waals surface area contributed by atoms with Crippen LogP contribution in [0, 0.1) is 0 Å². The van der Waals surface area contributed by atoms with Gasteiger partial charge in [-0.05, 0) is 33.6 Å². The molecule has 7 heteroatoms. The van der Waals surface area contributed by atoms with E-state index in [-0.39, 0.29) is 6.79 Å². The van der Waals surface area contributed by atoms with E-state index in [1.165, 1.54) is 0 Å². The van der Waals surface area contributed by atoms with E-state index in [1.54, 1.807) is 11.0 Å². The van der Waals surface area contributed by atoms with Crippen LogP contribution >= 0.6 is 15.9 Å². The van der Waals surface area contributed by atoms with Crippen LogP contribution in [-0.4, -0.2) is 28.1 Å². The maximum Gasteiger partial charge on any atom is 0.231 e. The largest absolute Gasteiger partial charge is 0.454 e. The summed E-state index contributed by atoms with van der Waals surface area (Å²) in [6, 6.07) is 4.04. The molecule has 0 bridgehead atoms. The van der Waals surface area contributed by atoms with Gasteiger partial charge in [-0.15, -0.1) is 0 Å². The lowest BCUT2D eigenvalue weighted by molar-refractivity contribution is 0.173. The van der Waals surface area contributed by atoms with Gasteiger partial charge >= 0.3 is 0 Å². The van der Waals surface area contributed by atoms with Crippen molar-refractivity contribution in [2.45, 2.75) is 13.0 Å². The molecule has 1 aliphatic rings. The minimum absolute atomic E-state index is 0.288. The summed E-state index contributed by atoms with van der Waals surface area (Å²) in [5.41, 5.74) is 1.15. The van der Waals surface area contributed by atoms with Crippen molar-refractivity contribution in [3.63, 3.8) is 0 Å². The van der Waals surface area contributed by atoms with Crippen LogP contribution in [-0.2, 0) is 20.0 Å². The fourth-order valence-electron chi connectivity index (χ4n) is 2.05. The van der Waals surface area contributed by atoms with E-state index < -0.39 is 0 Å². The fraction of sp³-hybridized carbons (Fsp3) is 0.385. The third kappa shape index (κ3) is 2.94. The number of benzene rings is 1. The number of nitrogens with zero attached hydrogens (tertiary/aromatic N) is 3. The van der Waals surface area contributed by atoms with E-state index >= 15 is 0 Å². The molecule has 106 valence electrons. The van der Waals surface area contributed by atoms with Crippen LogP contribution in [0.1, 0.15) is 11.4 Å². The van der Waals surface area contributed by atoms with Crippen molar-refractivity contribution in [2.75, 3.05) is 13.3 Å². The second-order valence-corrected chi connectivity index (χ2v) is 5.43. The first-order valence-corrected chi connectivity index (χ1v) is 7.15. The molecule has 0 unspecified atom stereocenters. The maximum absolute atomic E-state index is 5.40. The van der Waals surface area contributed by atoms with Gasteiger partial charge in [0.15, 0.2) is 17.3 Å². The van der Waals surface area contributed by atoms with E-state index in [1.807, 2.05) is 19.2 Å². The molecule has 0 saturated carbocycles. The zero-order valence-electron chi connectivity index (χ0n) is 11.1. The summed E-state index contributed by atoms with van der Waals surface area (Å²) >= 11 is 3.49. The first-order valence-electron chi connectivity index (χ1n) is 6.35. The number of rotatable bonds is 5. The molecule has 0 spiro atoms. The predicted octanol–water partition coefficient (Wildman–Crippen LogP) is 1.64. The highest BCUT2D eigenvalue weighted by Crippen LogP contribution is 2.39. The molecule has 1 N–H and O–H groups in total. The topological polar surface area (TPSA) is 61.2 Å². The van der Waals surface area contributed by atoms with Gasteiger partial charge < -0.3 is 14.8 Å². The van der Waals surface area contributed by atoms with Gasteiger partial charge in [0.05, 0.1) is 4.47 Å². The smallest absolute Gasteiger partial charge is 0.231 e. The number of hydrogen-bond donors (Lipinski definition) is 1. The van der Waals surface area contributed by atoms with E-state index in [4.69, 9.17) is 9.47 Å². The van der Waals surface area contributed by atoms with Crippen LogP contribution in [0.15, 0.2) is 22.9 Å². The van der Waals surface area contributed by atoms with Gasteiger partial charge in [0, 0.05) is 26.6 Å². The van der Waals surface area contributed by atoms with E-state index in [0.717, 1.165) is 46.9 Å². The van der Waals surface area contributed by atoms with Crippen molar-refractivity contribution < 1.29 is 9.47 Å². The minimum atomic E-state index is 0.288. The number of nitrogens with one attached hydrogen (secondary N) is 1. The molecule has 1 aliphatic heterocycles. The molecular weight excluding hydrogens is 324 g/mol. The lowest BCUT2D eigenvalue weighted by atomic mass is 10.2. The average Bonchev–Trinajstić information content (AvgIpc) is 3.04. The fourth-order valence-corrected chi connectivity index (χ4v) is 2.66. The Morgan fingerprint density at radius 3 is 3.10 bits per heavy atom. The van der Waals surface area contributed by atoms with Gasteiger partial charge in [-0.2, -0.15) is 5.10 Å². The number of hydrogen-bond acceptors (Lipinski definition) is 5. The van der Waals surface area contributed by atoms with Gasteiger partial charge in [-0.1, -0.05) is 0 Å². The molecule has 1 aromatic heterocycles. The van der Waals surface area contributed by atoms with E-state index in [0.29, 0.717) is 0 Å². The molecule has 0 atom stereocenters. The molecule has 6 nitrogen and oxygen atoms in total. The molecule has 2 heterocycles. The van der Waals surface area contributed by atoms with Gasteiger partial charge in [-0.3, -0.25) is 4.68 Å². The third-order valence-corrected chi connectivity index (χ3v) is 3.58. The summed E-state index contributed by atoms with van der Waals surface area (Å²) in [5.74, 6) is 2.43. The molecule has 3 rings (SSSR count). The van der Waals surface area contributed by atoms with Crippen molar-refractivity contribution in [3.8, 4) is 11.5 Å². The predicted molar refractivity (Wildman–Crippen MR) is 76.7 cm³/mol. The normalized spacial score (nSPS) is 12.9. The number of aryl methyl sites for hydroxylation is 1. The van der Waals surface area contributed by atoms with E-state index in [2.05, 4.69) is 31.3 Å². The Labute approximate surface area is 125 Å². The highest BCUT2D eigenvalue weighted by molar-refractivity contribution is 9.10. The zero-order valence-corrected chi connectivity index (χ0v) is 12.7. The standard InChI is InChI=1S/C13H15BrN4O2/c1-18-7-16-12(17-18)2-3-15-6-9-4-10(14)13-11(5-9)19-8-20-13/h4-5,7,15H,2-3,6,8H2,1H3. The Hall–Kier alpha value is -1.60. The second-order valence-electron chi connectivity index (χ2n) is 4.57. The summed E-state index contributed by atoms with van der Waals surface area (Å²) in [4.78, 5) is 4.19. The van der Waals surface area contributed by atoms with Crippen LogP contribution in [0.4, 0.5) is 0 Å². The van der Waals surface area contributed by atoms with Crippen LogP contribution in [0.2, 0.25) is 0 Å². The molecule has 0 radical (unpaired) electrons. The van der Waals surface area contributed by atoms with Gasteiger partial charge in [0.2, 0.25) is 6.79 Å². The maximum atomic E-state index is 5.40. The molecular formula is C13H15BrN4O2. The van der Waals surface area contributed by atoms with Gasteiger partial charge in [0.25, 0.3) is 0 Å². The Balaban J connectivity index is 1.52. The summed E-state index contributed by atoms with van der Waals surface area (Å²) in [5, 5.41) is 7.61. The van der Waals surface area contributed by atoms with Crippen LogP contribution in [0.25, 0.3) is 0 Å². The van der Waals surface area contributed by atoms with Crippen molar-refractivity contribution in [1.82, 2.24) is 20.1 Å². The summed E-state index contributed by atoms with van der Waals surface area (Å²) in [6.07, 6.45) is 2.52. The van der Waals surface area contributed by atoms with Crippen LogP contribution < -0.4 is 14.8 Å². The first-order chi connectivity index (χ1) is 9.72. The Kier molecular flexibility index (Phi) is 3.88. The average molecular weight is 339 g/mol. The van der Waals surface area contributed by atoms with Crippen molar-refractivity contribution in [2.24, 2.45) is 7.05 Å². The quantitative estimate of drug-likeness (QED) is 0.840. The minimum Gasteiger partial charge on any atom is -0.454 e. The van der Waals surface area contributed by atoms with Crippen molar-refractivity contribution in [3.05, 3.63) is 34.3 Å². The Morgan fingerprint density at radius 1 is 1.40 bits per heavy atom. The van der Waals surface area contributed by atoms with Crippen molar-refractivity contribution in [1.29, 1.82) is 0 Å². The number of halogens is 1. The van der Waals surface area contributed by atoms with Gasteiger partial charge in [-0.25, -0.2) is 4.98 Å². The number of fused-ring (bicyclic) bond motifs is 1. The summed E-state index contributed by atoms with van der Waals surface area (Å²) < 4.78 is 13.4. The van der Waals surface area contributed by atoms with Crippen LogP contribution in [0.5, 0.6) is 11.5 Å². The lowest BCUT2D eigenvalue weighted by Crippen LogP contribution is -2.17. The molecule has 0 amide bonds. The Bertz CT molecular complexity index is 614. The first kappa shape index (κ1) is 13.4. The molecule has 0 fully saturated rings. The molecule has 0 saturated heterocycles. The SMILES string of the molecule is Cn1cnc(CCNCc2cc(Br)c3c(c2)OCO3)n1. The van der Waals surface area contributed by atoms with E-state index in [9.17, 15) is 0 Å². The second kappa shape index (κ2) is 5.80. The van der Waals surface area contributed by atoms with Gasteiger partial charge in [0.1, 0.15) is 6.33 Å². The van der Waals surface area contributed by atoms with Crippen molar-refractivity contribution >= 4 is 15.9 Å². The summed E-state index contributed by atoms with van der Waals surface area (Å²) in [6.45, 7) is 1.88. The molecule has 2 aromatic rings. The Morgan fingerprint density at radius 2 is 2.30 bits per heavy atom. The molecule has 0 aliphatic carbocycles. The number of ether oxygens (including phenoxy) is 2. The number of aromatic nitrogens is 3. The lowest BCUT2D eigenvalue weighted by Gasteiger charge is -2.06. The molecule has 20 heavy (non-hydrogen) atoms. The highest BCUT2D eigenvalue weighted by atomic mass is 79.9. The monoisotopic (exact) mass is 338 g/mol. The van der Waals surface area contributed by atoms with Crippen LogP contribution in [0.3, 0.4) is 0 Å². The molecule has 1 aromatic carbocycles. The zero-order chi connectivity index (χ0) is 13.9. The highest BCUT2D eigenvalue weighted by Gasteiger charge is 2.17. The third-order valence-electron chi connectivity index (χ3n) is 2.99. The summed E-state index contributed by atoms with van der Waals surface area (Å²) in [7, 11) is 1.87.